The van der Waals surface area contributed by atoms with E-state index >= 15 is 0 Å². The molecule has 0 amide bonds. The van der Waals surface area contributed by atoms with Gasteiger partial charge in [-0.2, -0.15) is 0 Å². The summed E-state index contributed by atoms with van der Waals surface area (Å²) in [7, 11) is 7.24. The number of ether oxygens (including phenoxy) is 2. The van der Waals surface area contributed by atoms with Crippen molar-refractivity contribution in [3.8, 4) is 11.5 Å². The van der Waals surface area contributed by atoms with Gasteiger partial charge in [0.1, 0.15) is 5.82 Å². The molecule has 1 atom stereocenters. The molecule has 0 bridgehead atoms. The van der Waals surface area contributed by atoms with Crippen LogP contribution >= 0.6 is 24.0 Å². The van der Waals surface area contributed by atoms with Crippen LogP contribution < -0.4 is 20.1 Å². The second kappa shape index (κ2) is 13.3. The zero-order valence-electron chi connectivity index (χ0n) is 18.2. The molecule has 0 heterocycles. The van der Waals surface area contributed by atoms with Crippen LogP contribution in [0, 0.1) is 5.82 Å². The van der Waals surface area contributed by atoms with Gasteiger partial charge in [-0.3, -0.25) is 0 Å². The van der Waals surface area contributed by atoms with Crippen molar-refractivity contribution in [1.82, 2.24) is 15.5 Å². The Morgan fingerprint density at radius 2 is 1.70 bits per heavy atom. The number of rotatable bonds is 9. The molecule has 0 spiro atoms. The van der Waals surface area contributed by atoms with Crippen LogP contribution in [-0.2, 0) is 6.54 Å². The van der Waals surface area contributed by atoms with Crippen molar-refractivity contribution in [3.63, 3.8) is 0 Å². The van der Waals surface area contributed by atoms with Crippen molar-refractivity contribution in [1.29, 1.82) is 0 Å². The summed E-state index contributed by atoms with van der Waals surface area (Å²) in [4.78, 5) is 6.77. The largest absolute Gasteiger partial charge is 0.493 e. The normalized spacial score (nSPS) is 12.2. The molecule has 30 heavy (non-hydrogen) atoms. The molecule has 0 aliphatic carbocycles. The molecule has 166 valence electrons. The number of nitrogens with zero attached hydrogens (tertiary/aromatic N) is 2. The van der Waals surface area contributed by atoms with Gasteiger partial charge in [-0.05, 0) is 56.4 Å². The number of halogens is 2. The van der Waals surface area contributed by atoms with Gasteiger partial charge in [0, 0.05) is 13.1 Å². The van der Waals surface area contributed by atoms with E-state index < -0.39 is 0 Å². The number of methoxy groups -OCH3 is 2. The lowest BCUT2D eigenvalue weighted by molar-refractivity contribution is 0.298. The molecule has 0 aliphatic rings. The molecule has 8 heteroatoms. The van der Waals surface area contributed by atoms with Crippen molar-refractivity contribution >= 4 is 29.9 Å². The standard InChI is InChI=1S/C22H31FN4O2.HI/c1-6-24-22(25-14-16-7-12-20(28-4)21(13-16)29-5)26-15-19(27(2)3)17-8-10-18(23)11-9-17;/h7-13,19H,6,14-15H2,1-5H3,(H2,24,25,26);1H. The Morgan fingerprint density at radius 3 is 2.27 bits per heavy atom. The topological polar surface area (TPSA) is 58.1 Å². The molecule has 6 nitrogen and oxygen atoms in total. The highest BCUT2D eigenvalue weighted by Gasteiger charge is 2.15. The van der Waals surface area contributed by atoms with Crippen LogP contribution in [0.15, 0.2) is 47.5 Å². The molecular weight excluding hydrogens is 498 g/mol. The molecule has 2 aromatic carbocycles. The SMILES string of the molecule is CCNC(=NCc1ccc(OC)c(OC)c1)NCC(c1ccc(F)cc1)N(C)C.I. The third-order valence-electron chi connectivity index (χ3n) is 4.55. The maximum absolute atomic E-state index is 13.3. The second-order valence-electron chi connectivity index (χ2n) is 6.80. The number of nitrogens with one attached hydrogen (secondary N) is 2. The summed E-state index contributed by atoms with van der Waals surface area (Å²) in [6, 6.07) is 12.5. The van der Waals surface area contributed by atoms with Gasteiger partial charge in [0.25, 0.3) is 0 Å². The van der Waals surface area contributed by atoms with E-state index in [1.165, 1.54) is 12.1 Å². The lowest BCUT2D eigenvalue weighted by Crippen LogP contribution is -2.41. The fourth-order valence-electron chi connectivity index (χ4n) is 2.97. The van der Waals surface area contributed by atoms with Gasteiger partial charge in [-0.15, -0.1) is 24.0 Å². The van der Waals surface area contributed by atoms with Gasteiger partial charge in [-0.25, -0.2) is 9.38 Å². The summed E-state index contributed by atoms with van der Waals surface area (Å²) < 4.78 is 23.9. The average molecular weight is 530 g/mol. The zero-order valence-corrected chi connectivity index (χ0v) is 20.6. The Hall–Kier alpha value is -2.07. The molecule has 0 saturated carbocycles. The first-order valence-corrected chi connectivity index (χ1v) is 9.63. The number of hydrogen-bond donors (Lipinski definition) is 2. The van der Waals surface area contributed by atoms with Crippen molar-refractivity contribution in [2.75, 3.05) is 41.4 Å². The summed E-state index contributed by atoms with van der Waals surface area (Å²) in [5.74, 6) is 1.86. The van der Waals surface area contributed by atoms with E-state index in [0.717, 1.165) is 23.6 Å². The number of guanidine groups is 1. The van der Waals surface area contributed by atoms with Gasteiger partial charge in [0.15, 0.2) is 17.5 Å². The van der Waals surface area contributed by atoms with Crippen LogP contribution in [0.4, 0.5) is 4.39 Å². The minimum Gasteiger partial charge on any atom is -0.493 e. The highest BCUT2D eigenvalue weighted by Crippen LogP contribution is 2.27. The predicted molar refractivity (Wildman–Crippen MR) is 131 cm³/mol. The first-order valence-electron chi connectivity index (χ1n) is 9.63. The van der Waals surface area contributed by atoms with Crippen molar-refractivity contribution in [2.45, 2.75) is 19.5 Å². The first-order chi connectivity index (χ1) is 14.0. The van der Waals surface area contributed by atoms with Crippen LogP contribution in [-0.4, -0.2) is 52.3 Å². The molecule has 0 fully saturated rings. The maximum Gasteiger partial charge on any atom is 0.191 e. The van der Waals surface area contributed by atoms with Gasteiger partial charge in [0.05, 0.1) is 26.8 Å². The summed E-state index contributed by atoms with van der Waals surface area (Å²) in [5.41, 5.74) is 2.06. The molecule has 1 unspecified atom stereocenters. The fourth-order valence-corrected chi connectivity index (χ4v) is 2.97. The highest BCUT2D eigenvalue weighted by atomic mass is 127. The smallest absolute Gasteiger partial charge is 0.191 e. The van der Waals surface area contributed by atoms with Crippen LogP contribution in [0.5, 0.6) is 11.5 Å². The molecule has 2 rings (SSSR count). The van der Waals surface area contributed by atoms with E-state index in [1.807, 2.05) is 51.4 Å². The molecule has 2 aromatic rings. The molecule has 0 aliphatic heterocycles. The van der Waals surface area contributed by atoms with Crippen LogP contribution in [0.1, 0.15) is 24.1 Å². The number of aliphatic imine (C=N–C) groups is 1. The summed E-state index contributed by atoms with van der Waals surface area (Å²) >= 11 is 0. The molecular formula is C22H32FIN4O2. The minimum absolute atomic E-state index is 0. The van der Waals surface area contributed by atoms with E-state index in [9.17, 15) is 4.39 Å². The van der Waals surface area contributed by atoms with Crippen molar-refractivity contribution < 1.29 is 13.9 Å². The van der Waals surface area contributed by atoms with Crippen molar-refractivity contribution in [3.05, 3.63) is 59.4 Å². The number of likely N-dealkylation sites (N-methyl/N-ethyl adjacent to an activating group) is 1. The molecule has 0 radical (unpaired) electrons. The van der Waals surface area contributed by atoms with E-state index in [4.69, 9.17) is 9.47 Å². The highest BCUT2D eigenvalue weighted by molar-refractivity contribution is 14.0. The van der Waals surface area contributed by atoms with Gasteiger partial charge < -0.3 is 25.0 Å². The van der Waals surface area contributed by atoms with Gasteiger partial charge in [-0.1, -0.05) is 18.2 Å². The van der Waals surface area contributed by atoms with Gasteiger partial charge >= 0.3 is 0 Å². The lowest BCUT2D eigenvalue weighted by Gasteiger charge is -2.26. The van der Waals surface area contributed by atoms with Crippen LogP contribution in [0.3, 0.4) is 0 Å². The molecule has 2 N–H and O–H groups in total. The number of hydrogen-bond acceptors (Lipinski definition) is 4. The third-order valence-corrected chi connectivity index (χ3v) is 4.55. The van der Waals surface area contributed by atoms with Crippen molar-refractivity contribution in [2.24, 2.45) is 4.99 Å². The summed E-state index contributed by atoms with van der Waals surface area (Å²) in [6.45, 7) is 3.91. The maximum atomic E-state index is 13.3. The minimum atomic E-state index is -0.232. The lowest BCUT2D eigenvalue weighted by atomic mass is 10.1. The second-order valence-corrected chi connectivity index (χ2v) is 6.80. The van der Waals surface area contributed by atoms with E-state index in [2.05, 4.69) is 20.5 Å². The quantitative estimate of drug-likeness (QED) is 0.294. The Kier molecular flexibility index (Phi) is 11.5. The molecule has 0 aromatic heterocycles. The van der Waals surface area contributed by atoms with Crippen LogP contribution in [0.25, 0.3) is 0 Å². The van der Waals surface area contributed by atoms with E-state index in [1.54, 1.807) is 14.2 Å². The third kappa shape index (κ3) is 7.64. The first kappa shape index (κ1) is 26.0. The monoisotopic (exact) mass is 530 g/mol. The average Bonchev–Trinajstić information content (AvgIpc) is 2.72. The molecule has 0 saturated heterocycles. The van der Waals surface area contributed by atoms with E-state index in [0.29, 0.717) is 24.6 Å². The predicted octanol–water partition coefficient (Wildman–Crippen LogP) is 3.82. The van der Waals surface area contributed by atoms with Crippen LogP contribution in [0.2, 0.25) is 0 Å². The Labute approximate surface area is 195 Å². The Morgan fingerprint density at radius 1 is 1.03 bits per heavy atom. The van der Waals surface area contributed by atoms with E-state index in [-0.39, 0.29) is 35.8 Å². The Balaban J connectivity index is 0.00000450. The Bertz CT molecular complexity index is 800. The summed E-state index contributed by atoms with van der Waals surface area (Å²) in [6.07, 6.45) is 0. The van der Waals surface area contributed by atoms with Gasteiger partial charge in [0.2, 0.25) is 0 Å². The number of benzene rings is 2. The summed E-state index contributed by atoms with van der Waals surface area (Å²) in [5, 5.41) is 6.65. The fraction of sp³-hybridized carbons (Fsp3) is 0.409. The zero-order chi connectivity index (χ0) is 21.2.